The third-order valence-electron chi connectivity index (χ3n) is 3.82. The van der Waals surface area contributed by atoms with Crippen molar-refractivity contribution in [1.82, 2.24) is 20.2 Å². The molecule has 1 aliphatic heterocycles. The molecule has 1 saturated heterocycles. The van der Waals surface area contributed by atoms with E-state index in [1.165, 1.54) is 0 Å². The minimum absolute atomic E-state index is 0.0659. The predicted molar refractivity (Wildman–Crippen MR) is 93.6 cm³/mol. The average molecular weight is 391 g/mol. The molecule has 2 heterocycles. The zero-order valence-electron chi connectivity index (χ0n) is 13.2. The molecule has 126 valence electrons. The number of rotatable bonds is 4. The number of halogens is 1. The molecule has 24 heavy (non-hydrogen) atoms. The van der Waals surface area contributed by atoms with Gasteiger partial charge in [0.25, 0.3) is 0 Å². The van der Waals surface area contributed by atoms with Crippen LogP contribution in [0.25, 0.3) is 0 Å². The first kappa shape index (κ1) is 16.7. The van der Waals surface area contributed by atoms with Crippen LogP contribution in [0.15, 0.2) is 47.2 Å². The van der Waals surface area contributed by atoms with Crippen LogP contribution in [0.4, 0.5) is 4.79 Å². The number of amides is 2. The second-order valence-corrected chi connectivity index (χ2v) is 6.57. The summed E-state index contributed by atoms with van der Waals surface area (Å²) >= 11 is 3.29. The fourth-order valence-corrected chi connectivity index (χ4v) is 2.82. The molecular formula is C17H19BrN4O2. The number of hydrogen-bond acceptors (Lipinski definition) is 4. The van der Waals surface area contributed by atoms with Gasteiger partial charge in [0.2, 0.25) is 0 Å². The summed E-state index contributed by atoms with van der Waals surface area (Å²) in [6, 6.07) is 10.1. The molecule has 2 aromatic rings. The lowest BCUT2D eigenvalue weighted by Crippen LogP contribution is -2.48. The number of nitrogens with zero attached hydrogens (tertiary/aromatic N) is 3. The molecule has 0 bridgehead atoms. The minimum atomic E-state index is -0.0811. The van der Waals surface area contributed by atoms with Crippen LogP contribution in [0.3, 0.4) is 0 Å². The maximum atomic E-state index is 12.3. The van der Waals surface area contributed by atoms with Gasteiger partial charge in [0.1, 0.15) is 6.10 Å². The van der Waals surface area contributed by atoms with Crippen LogP contribution in [0.1, 0.15) is 18.4 Å². The quantitative estimate of drug-likeness (QED) is 0.870. The Bertz CT molecular complexity index is 666. The standard InChI is InChI=1S/C17H19BrN4O2/c18-14-10-19-16(20-11-14)24-15-7-4-8-22(12-15)17(23)21-9-13-5-2-1-3-6-13/h1-3,5-6,10-11,15H,4,7-9,12H2,(H,21,23). The van der Waals surface area contributed by atoms with Crippen molar-refractivity contribution in [2.75, 3.05) is 13.1 Å². The molecule has 1 atom stereocenters. The summed E-state index contributed by atoms with van der Waals surface area (Å²) in [6.45, 7) is 1.80. The molecule has 1 unspecified atom stereocenters. The van der Waals surface area contributed by atoms with Crippen LogP contribution in [0.2, 0.25) is 0 Å². The van der Waals surface area contributed by atoms with Crippen LogP contribution in [-0.4, -0.2) is 40.1 Å². The molecule has 0 saturated carbocycles. The Kier molecular flexibility index (Phi) is 5.63. The van der Waals surface area contributed by atoms with E-state index in [2.05, 4.69) is 31.2 Å². The lowest BCUT2D eigenvalue weighted by atomic mass is 10.1. The Hall–Kier alpha value is -2.15. The Morgan fingerprint density at radius 1 is 1.29 bits per heavy atom. The van der Waals surface area contributed by atoms with Crippen molar-refractivity contribution in [1.29, 1.82) is 0 Å². The Morgan fingerprint density at radius 3 is 2.79 bits per heavy atom. The van der Waals surface area contributed by atoms with Gasteiger partial charge < -0.3 is 15.0 Å². The minimum Gasteiger partial charge on any atom is -0.458 e. The number of carbonyl (C=O) groups excluding carboxylic acids is 1. The molecule has 1 N–H and O–H groups in total. The molecule has 2 amide bonds. The number of benzene rings is 1. The monoisotopic (exact) mass is 390 g/mol. The molecule has 1 aromatic heterocycles. The highest BCUT2D eigenvalue weighted by Gasteiger charge is 2.25. The summed E-state index contributed by atoms with van der Waals surface area (Å²) in [5.41, 5.74) is 1.08. The molecular weight excluding hydrogens is 372 g/mol. The number of ether oxygens (including phenoxy) is 1. The maximum Gasteiger partial charge on any atom is 0.317 e. The van der Waals surface area contributed by atoms with Gasteiger partial charge in [0, 0.05) is 25.5 Å². The van der Waals surface area contributed by atoms with E-state index in [-0.39, 0.29) is 12.1 Å². The molecule has 0 aliphatic carbocycles. The summed E-state index contributed by atoms with van der Waals surface area (Å²) in [5.74, 6) is 0. The van der Waals surface area contributed by atoms with Crippen LogP contribution in [0.5, 0.6) is 6.01 Å². The number of hydrogen-bond donors (Lipinski definition) is 1. The third-order valence-corrected chi connectivity index (χ3v) is 4.23. The molecule has 1 fully saturated rings. The highest BCUT2D eigenvalue weighted by Crippen LogP contribution is 2.16. The normalized spacial score (nSPS) is 17.4. The number of likely N-dealkylation sites (tertiary alicyclic amines) is 1. The van der Waals surface area contributed by atoms with E-state index in [1.807, 2.05) is 30.3 Å². The largest absolute Gasteiger partial charge is 0.458 e. The van der Waals surface area contributed by atoms with Crippen molar-refractivity contribution in [3.63, 3.8) is 0 Å². The SMILES string of the molecule is O=C(NCc1ccccc1)N1CCCC(Oc2ncc(Br)cn2)C1. The molecule has 6 nitrogen and oxygen atoms in total. The van der Waals surface area contributed by atoms with E-state index in [1.54, 1.807) is 17.3 Å². The lowest BCUT2D eigenvalue weighted by Gasteiger charge is -2.32. The third kappa shape index (κ3) is 4.67. The molecule has 0 spiro atoms. The van der Waals surface area contributed by atoms with Gasteiger partial charge in [-0.15, -0.1) is 0 Å². The van der Waals surface area contributed by atoms with Crippen LogP contribution in [0, 0.1) is 0 Å². The van der Waals surface area contributed by atoms with E-state index < -0.39 is 0 Å². The van der Waals surface area contributed by atoms with E-state index in [0.29, 0.717) is 19.1 Å². The van der Waals surface area contributed by atoms with Gasteiger partial charge in [-0.2, -0.15) is 0 Å². The van der Waals surface area contributed by atoms with Crippen molar-refractivity contribution in [2.24, 2.45) is 0 Å². The Labute approximate surface area is 149 Å². The van der Waals surface area contributed by atoms with Crippen molar-refractivity contribution >= 4 is 22.0 Å². The first-order valence-electron chi connectivity index (χ1n) is 7.91. The number of piperidine rings is 1. The van der Waals surface area contributed by atoms with Gasteiger partial charge in [0.15, 0.2) is 0 Å². The number of carbonyl (C=O) groups is 1. The molecule has 0 radical (unpaired) electrons. The molecule has 3 rings (SSSR count). The molecule has 1 aliphatic rings. The first-order chi connectivity index (χ1) is 11.7. The number of nitrogens with one attached hydrogen (secondary N) is 1. The fourth-order valence-electron chi connectivity index (χ4n) is 2.61. The van der Waals surface area contributed by atoms with Gasteiger partial charge in [-0.05, 0) is 34.3 Å². The van der Waals surface area contributed by atoms with Crippen LogP contribution in [-0.2, 0) is 6.54 Å². The van der Waals surface area contributed by atoms with E-state index in [4.69, 9.17) is 4.74 Å². The van der Waals surface area contributed by atoms with Crippen molar-refractivity contribution in [2.45, 2.75) is 25.5 Å². The summed E-state index contributed by atoms with van der Waals surface area (Å²) in [6.07, 6.45) is 5.01. The Morgan fingerprint density at radius 2 is 2.04 bits per heavy atom. The zero-order valence-corrected chi connectivity index (χ0v) is 14.8. The van der Waals surface area contributed by atoms with Crippen molar-refractivity contribution in [3.8, 4) is 6.01 Å². The van der Waals surface area contributed by atoms with E-state index >= 15 is 0 Å². The van der Waals surface area contributed by atoms with Crippen molar-refractivity contribution in [3.05, 3.63) is 52.8 Å². The van der Waals surface area contributed by atoms with Gasteiger partial charge in [-0.3, -0.25) is 0 Å². The fraction of sp³-hybridized carbons (Fsp3) is 0.353. The summed E-state index contributed by atoms with van der Waals surface area (Å²) in [5, 5.41) is 2.95. The summed E-state index contributed by atoms with van der Waals surface area (Å²) in [7, 11) is 0. The molecule has 7 heteroatoms. The summed E-state index contributed by atoms with van der Waals surface area (Å²) < 4.78 is 6.59. The second-order valence-electron chi connectivity index (χ2n) is 5.66. The first-order valence-corrected chi connectivity index (χ1v) is 8.71. The smallest absolute Gasteiger partial charge is 0.317 e. The van der Waals surface area contributed by atoms with Gasteiger partial charge in [0.05, 0.1) is 11.0 Å². The highest BCUT2D eigenvalue weighted by atomic mass is 79.9. The van der Waals surface area contributed by atoms with Gasteiger partial charge in [-0.1, -0.05) is 30.3 Å². The number of urea groups is 1. The number of aromatic nitrogens is 2. The predicted octanol–water partition coefficient (Wildman–Crippen LogP) is 2.99. The maximum absolute atomic E-state index is 12.3. The van der Waals surface area contributed by atoms with E-state index in [9.17, 15) is 4.79 Å². The topological polar surface area (TPSA) is 67.4 Å². The average Bonchev–Trinajstić information content (AvgIpc) is 2.63. The van der Waals surface area contributed by atoms with Crippen LogP contribution < -0.4 is 10.1 Å². The van der Waals surface area contributed by atoms with Crippen LogP contribution >= 0.6 is 15.9 Å². The summed E-state index contributed by atoms with van der Waals surface area (Å²) in [4.78, 5) is 22.4. The van der Waals surface area contributed by atoms with Crippen molar-refractivity contribution < 1.29 is 9.53 Å². The zero-order chi connectivity index (χ0) is 16.8. The van der Waals surface area contributed by atoms with Gasteiger partial charge in [-0.25, -0.2) is 14.8 Å². The second kappa shape index (κ2) is 8.10. The Balaban J connectivity index is 1.51. The van der Waals surface area contributed by atoms with Gasteiger partial charge >= 0.3 is 12.0 Å². The lowest BCUT2D eigenvalue weighted by molar-refractivity contribution is 0.0937. The van der Waals surface area contributed by atoms with E-state index in [0.717, 1.165) is 29.4 Å². The highest BCUT2D eigenvalue weighted by molar-refractivity contribution is 9.10. The molecule has 1 aromatic carbocycles.